The van der Waals surface area contributed by atoms with Gasteiger partial charge in [-0.3, -0.25) is 4.79 Å². The molecule has 2 aromatic carbocycles. The van der Waals surface area contributed by atoms with Gasteiger partial charge in [-0.2, -0.15) is 0 Å². The molecule has 26 heavy (non-hydrogen) atoms. The minimum atomic E-state index is 0.0621. The van der Waals surface area contributed by atoms with Crippen LogP contribution in [-0.4, -0.2) is 22.9 Å². The first-order valence-electron chi connectivity index (χ1n) is 8.21. The third-order valence-electron chi connectivity index (χ3n) is 4.10. The van der Waals surface area contributed by atoms with Crippen LogP contribution in [0.4, 0.5) is 0 Å². The Kier molecular flexibility index (Phi) is 4.46. The summed E-state index contributed by atoms with van der Waals surface area (Å²) < 4.78 is 5.20. The first-order valence-corrected chi connectivity index (χ1v) is 9.03. The van der Waals surface area contributed by atoms with E-state index in [0.29, 0.717) is 17.7 Å². The van der Waals surface area contributed by atoms with Crippen molar-refractivity contribution in [3.8, 4) is 16.3 Å². The summed E-state index contributed by atoms with van der Waals surface area (Å²) in [4.78, 5) is 22.5. The van der Waals surface area contributed by atoms with E-state index in [1.807, 2.05) is 54.6 Å². The van der Waals surface area contributed by atoms with E-state index in [4.69, 9.17) is 4.74 Å². The number of aromatic nitrogens is 2. The number of Topliss-reactive ketones (excluding diaryl/α,β-unsaturated/α-hetero) is 1. The molecule has 0 amide bonds. The lowest BCUT2D eigenvalue weighted by Crippen LogP contribution is -2.03. The molecule has 0 unspecified atom stereocenters. The molecule has 0 aliphatic rings. The Hall–Kier alpha value is -3.05. The van der Waals surface area contributed by atoms with Crippen LogP contribution in [0.2, 0.25) is 0 Å². The second kappa shape index (κ2) is 7.06. The number of thiazole rings is 1. The molecular formula is C21H16N2O2S. The third kappa shape index (κ3) is 3.34. The minimum Gasteiger partial charge on any atom is -0.497 e. The van der Waals surface area contributed by atoms with E-state index >= 15 is 0 Å². The van der Waals surface area contributed by atoms with Gasteiger partial charge in [0.1, 0.15) is 21.1 Å². The van der Waals surface area contributed by atoms with Crippen LogP contribution in [0, 0.1) is 0 Å². The Balaban J connectivity index is 1.60. The molecule has 4 aromatic rings. The van der Waals surface area contributed by atoms with Gasteiger partial charge in [-0.25, -0.2) is 9.97 Å². The quantitative estimate of drug-likeness (QED) is 0.480. The second-order valence-electron chi connectivity index (χ2n) is 5.88. The lowest BCUT2D eigenvalue weighted by atomic mass is 10.0. The number of pyridine rings is 1. The van der Waals surface area contributed by atoms with E-state index in [-0.39, 0.29) is 5.78 Å². The maximum absolute atomic E-state index is 12.6. The summed E-state index contributed by atoms with van der Waals surface area (Å²) in [5.74, 6) is 0.749. The summed E-state index contributed by atoms with van der Waals surface area (Å²) in [7, 11) is 1.60. The molecule has 0 aliphatic carbocycles. The molecule has 0 aliphatic heterocycles. The van der Waals surface area contributed by atoms with Gasteiger partial charge in [0.05, 0.1) is 7.11 Å². The van der Waals surface area contributed by atoms with Crippen molar-refractivity contribution in [2.24, 2.45) is 0 Å². The molecule has 4 nitrogen and oxygen atoms in total. The molecule has 4 rings (SSSR count). The molecule has 0 saturated carbocycles. The van der Waals surface area contributed by atoms with Gasteiger partial charge < -0.3 is 4.74 Å². The van der Waals surface area contributed by atoms with Crippen LogP contribution in [0.1, 0.15) is 15.9 Å². The van der Waals surface area contributed by atoms with Gasteiger partial charge in [-0.05, 0) is 35.9 Å². The van der Waals surface area contributed by atoms with Crippen LogP contribution in [0.25, 0.3) is 20.9 Å². The van der Waals surface area contributed by atoms with E-state index < -0.39 is 0 Å². The first kappa shape index (κ1) is 16.4. The number of carbonyl (C=O) groups is 1. The number of nitrogens with zero attached hydrogens (tertiary/aromatic N) is 2. The van der Waals surface area contributed by atoms with Crippen molar-refractivity contribution < 1.29 is 9.53 Å². The molecule has 0 bridgehead atoms. The van der Waals surface area contributed by atoms with Crippen LogP contribution < -0.4 is 4.74 Å². The molecule has 0 spiro atoms. The molecule has 0 fully saturated rings. The van der Waals surface area contributed by atoms with Crippen LogP contribution in [0.5, 0.6) is 5.75 Å². The predicted octanol–water partition coefficient (Wildman–Crippen LogP) is 4.79. The summed E-state index contributed by atoms with van der Waals surface area (Å²) in [6.45, 7) is 0. The van der Waals surface area contributed by atoms with Gasteiger partial charge in [0.15, 0.2) is 5.78 Å². The smallest absolute Gasteiger partial charge is 0.167 e. The molecule has 0 atom stereocenters. The zero-order valence-corrected chi connectivity index (χ0v) is 15.0. The van der Waals surface area contributed by atoms with Gasteiger partial charge in [0.25, 0.3) is 0 Å². The fourth-order valence-corrected chi connectivity index (χ4v) is 3.70. The van der Waals surface area contributed by atoms with Crippen molar-refractivity contribution in [1.82, 2.24) is 9.97 Å². The topological polar surface area (TPSA) is 52.1 Å². The van der Waals surface area contributed by atoms with Gasteiger partial charge in [0.2, 0.25) is 0 Å². The number of carbonyl (C=O) groups excluding carboxylic acids is 1. The van der Waals surface area contributed by atoms with Crippen molar-refractivity contribution >= 4 is 27.5 Å². The summed E-state index contributed by atoms with van der Waals surface area (Å²) in [6, 6.07) is 19.0. The molecule has 0 saturated heterocycles. The lowest BCUT2D eigenvalue weighted by Gasteiger charge is -2.05. The van der Waals surface area contributed by atoms with Gasteiger partial charge in [0, 0.05) is 23.7 Å². The van der Waals surface area contributed by atoms with Crippen LogP contribution >= 0.6 is 11.3 Å². The molecule has 2 aromatic heterocycles. The Morgan fingerprint density at radius 2 is 1.96 bits per heavy atom. The minimum absolute atomic E-state index is 0.0621. The number of hydrogen-bond donors (Lipinski definition) is 0. The average Bonchev–Trinajstić information content (AvgIpc) is 3.12. The van der Waals surface area contributed by atoms with Crippen LogP contribution in [0.15, 0.2) is 66.9 Å². The van der Waals surface area contributed by atoms with E-state index in [2.05, 4.69) is 9.97 Å². The van der Waals surface area contributed by atoms with Gasteiger partial charge in [-0.15, -0.1) is 0 Å². The summed E-state index contributed by atoms with van der Waals surface area (Å²) in [5.41, 5.74) is 3.51. The van der Waals surface area contributed by atoms with Crippen molar-refractivity contribution in [3.05, 3.63) is 78.0 Å². The Bertz CT molecular complexity index is 1060. The lowest BCUT2D eigenvalue weighted by molar-refractivity contribution is 0.0992. The number of rotatable bonds is 5. The molecule has 2 heterocycles. The van der Waals surface area contributed by atoms with E-state index in [1.165, 1.54) is 0 Å². The van der Waals surface area contributed by atoms with E-state index in [9.17, 15) is 4.79 Å². The SMILES string of the molecule is COc1cccc(C(=O)Cc2cccc(-c3nc4cccnc4s3)c2)c1. The monoisotopic (exact) mass is 360 g/mol. The van der Waals surface area contributed by atoms with E-state index in [1.54, 1.807) is 30.7 Å². The Labute approximate surface area is 155 Å². The molecule has 0 radical (unpaired) electrons. The van der Waals surface area contributed by atoms with Crippen molar-refractivity contribution in [1.29, 1.82) is 0 Å². The third-order valence-corrected chi connectivity index (χ3v) is 5.12. The molecule has 5 heteroatoms. The number of hydrogen-bond acceptors (Lipinski definition) is 5. The number of benzene rings is 2. The maximum Gasteiger partial charge on any atom is 0.167 e. The first-order chi connectivity index (χ1) is 12.7. The average molecular weight is 360 g/mol. The summed E-state index contributed by atoms with van der Waals surface area (Å²) in [5, 5.41) is 0.911. The van der Waals surface area contributed by atoms with Gasteiger partial charge in [-0.1, -0.05) is 41.7 Å². The summed E-state index contributed by atoms with van der Waals surface area (Å²) >= 11 is 1.56. The number of methoxy groups -OCH3 is 1. The Morgan fingerprint density at radius 3 is 2.81 bits per heavy atom. The van der Waals surface area contributed by atoms with Crippen molar-refractivity contribution in [3.63, 3.8) is 0 Å². The van der Waals surface area contributed by atoms with Gasteiger partial charge >= 0.3 is 0 Å². The maximum atomic E-state index is 12.6. The highest BCUT2D eigenvalue weighted by atomic mass is 32.1. The fourth-order valence-electron chi connectivity index (χ4n) is 2.79. The number of ether oxygens (including phenoxy) is 1. The standard InChI is InChI=1S/C21H16N2O2S/c1-25-17-8-3-6-15(13-17)19(24)12-14-5-2-7-16(11-14)20-23-18-9-4-10-22-21(18)26-20/h2-11,13H,12H2,1H3. The second-order valence-corrected chi connectivity index (χ2v) is 6.86. The largest absolute Gasteiger partial charge is 0.497 e. The number of fused-ring (bicyclic) bond motifs is 1. The zero-order chi connectivity index (χ0) is 17.9. The normalized spacial score (nSPS) is 10.8. The van der Waals surface area contributed by atoms with Crippen LogP contribution in [0.3, 0.4) is 0 Å². The van der Waals surface area contributed by atoms with Crippen LogP contribution in [-0.2, 0) is 6.42 Å². The number of ketones is 1. The van der Waals surface area contributed by atoms with Crippen molar-refractivity contribution in [2.75, 3.05) is 7.11 Å². The molecule has 0 N–H and O–H groups in total. The highest BCUT2D eigenvalue weighted by molar-refractivity contribution is 7.21. The molecule has 128 valence electrons. The Morgan fingerprint density at radius 1 is 1.08 bits per heavy atom. The molecular weight excluding hydrogens is 344 g/mol. The highest BCUT2D eigenvalue weighted by Crippen LogP contribution is 2.29. The van der Waals surface area contributed by atoms with E-state index in [0.717, 1.165) is 26.5 Å². The predicted molar refractivity (Wildman–Crippen MR) is 104 cm³/mol. The van der Waals surface area contributed by atoms with Crippen molar-refractivity contribution in [2.45, 2.75) is 6.42 Å². The fraction of sp³-hybridized carbons (Fsp3) is 0.0952. The highest BCUT2D eigenvalue weighted by Gasteiger charge is 2.11. The zero-order valence-electron chi connectivity index (χ0n) is 14.2. The summed E-state index contributed by atoms with van der Waals surface area (Å²) in [6.07, 6.45) is 2.11.